The van der Waals surface area contributed by atoms with Crippen LogP contribution in [0, 0.1) is 0 Å². The molecule has 0 heterocycles. The number of methoxy groups -OCH3 is 2. The molecule has 0 saturated carbocycles. The number of hydrogen-bond donors (Lipinski definition) is 1. The van der Waals surface area contributed by atoms with E-state index in [9.17, 15) is 17.7 Å². The Morgan fingerprint density at radius 3 is 2.47 bits per heavy atom. The molecule has 0 fully saturated rings. The fourth-order valence-electron chi connectivity index (χ4n) is 1.42. The van der Waals surface area contributed by atoms with Crippen molar-refractivity contribution in [2.45, 2.75) is 12.7 Å². The highest BCUT2D eigenvalue weighted by atomic mass is 19.4. The summed E-state index contributed by atoms with van der Waals surface area (Å²) >= 11 is 0. The molecule has 1 rings (SSSR count). The fraction of sp³-hybridized carbons (Fsp3) is 0.364. The molecule has 0 atom stereocenters. The average Bonchev–Trinajstić information content (AvgIpc) is 2.35. The fourth-order valence-corrected chi connectivity index (χ4v) is 1.42. The molecular weight excluding hydrogens is 262 g/mol. The maximum Gasteiger partial charge on any atom is 0.478 e. The second kappa shape index (κ2) is 6.35. The third-order valence-electron chi connectivity index (χ3n) is 2.38. The zero-order valence-electron chi connectivity index (χ0n) is 10.6. The lowest BCUT2D eigenvalue weighted by Crippen LogP contribution is -2.20. The van der Waals surface area contributed by atoms with Crippen LogP contribution in [-0.4, -0.2) is 27.1 Å². The molecule has 1 aromatic rings. The van der Waals surface area contributed by atoms with Gasteiger partial charge >= 0.3 is 6.98 Å². The quantitative estimate of drug-likeness (QED) is 0.812. The van der Waals surface area contributed by atoms with E-state index in [1.165, 1.54) is 20.3 Å². The van der Waals surface area contributed by atoms with Crippen LogP contribution >= 0.6 is 0 Å². The molecule has 0 aliphatic heterocycles. The summed E-state index contributed by atoms with van der Waals surface area (Å²) in [5.74, 6) is 0.105. The van der Waals surface area contributed by atoms with Gasteiger partial charge in [0.25, 0.3) is 0 Å². The Labute approximate surface area is 108 Å². The summed E-state index contributed by atoms with van der Waals surface area (Å²) in [5.41, 5.74) is 0.279. The van der Waals surface area contributed by atoms with Gasteiger partial charge in [-0.15, -0.1) is 0 Å². The first-order valence-electron chi connectivity index (χ1n) is 5.58. The lowest BCUT2D eigenvalue weighted by atomic mass is 9.84. The van der Waals surface area contributed by atoms with Gasteiger partial charge in [-0.1, -0.05) is 6.32 Å². The van der Waals surface area contributed by atoms with Crippen LogP contribution in [0.2, 0.25) is 6.32 Å². The number of ether oxygens (including phenoxy) is 2. The zero-order chi connectivity index (χ0) is 14.5. The van der Waals surface area contributed by atoms with E-state index in [1.807, 2.05) is 0 Å². The highest BCUT2D eigenvalue weighted by Gasteiger charge is 2.23. The first kappa shape index (κ1) is 15.2. The van der Waals surface area contributed by atoms with Gasteiger partial charge < -0.3 is 27.7 Å². The van der Waals surface area contributed by atoms with Gasteiger partial charge in [0.15, 0.2) is 0 Å². The molecule has 0 radical (unpaired) electrons. The topological polar surface area (TPSA) is 47.6 Å². The van der Waals surface area contributed by atoms with Crippen LogP contribution in [0.5, 0.6) is 11.5 Å². The van der Waals surface area contributed by atoms with Gasteiger partial charge in [0.1, 0.15) is 11.5 Å². The van der Waals surface area contributed by atoms with E-state index in [4.69, 9.17) is 9.47 Å². The van der Waals surface area contributed by atoms with Crippen molar-refractivity contribution in [1.82, 2.24) is 0 Å². The largest absolute Gasteiger partial charge is 0.497 e. The Hall–Kier alpha value is -1.86. The highest BCUT2D eigenvalue weighted by molar-refractivity contribution is 6.58. The first-order chi connectivity index (χ1) is 8.85. The Bertz CT molecular complexity index is 451. The third-order valence-corrected chi connectivity index (χ3v) is 2.38. The van der Waals surface area contributed by atoms with E-state index in [0.717, 1.165) is 0 Å². The van der Waals surface area contributed by atoms with Gasteiger partial charge in [-0.3, -0.25) is 4.79 Å². The van der Waals surface area contributed by atoms with Gasteiger partial charge in [0, 0.05) is 12.5 Å². The molecule has 1 N–H and O–H groups in total. The standard InChI is InChI=1S/C11H14BF3NO3/c1-18-8-3-4-10(19-2)9(7-8)16-11(17)5-6-12(13,14)15/h3-4,7H,5-6H2,1-2H3,(H,16,17)/q-1. The van der Waals surface area contributed by atoms with Crippen molar-refractivity contribution in [2.24, 2.45) is 0 Å². The van der Waals surface area contributed by atoms with Crippen molar-refractivity contribution < 1.29 is 27.2 Å². The van der Waals surface area contributed by atoms with E-state index in [-0.39, 0.29) is 5.69 Å². The minimum Gasteiger partial charge on any atom is -0.497 e. The molecule has 106 valence electrons. The van der Waals surface area contributed by atoms with Gasteiger partial charge in [-0.25, -0.2) is 0 Å². The molecule has 0 saturated heterocycles. The van der Waals surface area contributed by atoms with Crippen LogP contribution in [0.25, 0.3) is 0 Å². The zero-order valence-corrected chi connectivity index (χ0v) is 10.6. The highest BCUT2D eigenvalue weighted by Crippen LogP contribution is 2.29. The predicted molar refractivity (Wildman–Crippen MR) is 66.7 cm³/mol. The summed E-state index contributed by atoms with van der Waals surface area (Å²) in [5, 5.41) is 2.37. The van der Waals surface area contributed by atoms with E-state index in [2.05, 4.69) is 5.32 Å². The molecule has 8 heteroatoms. The molecule has 0 unspecified atom stereocenters. The first-order valence-corrected chi connectivity index (χ1v) is 5.58. The molecule has 0 aliphatic carbocycles. The monoisotopic (exact) mass is 276 g/mol. The summed E-state index contributed by atoms with van der Waals surface area (Å²) in [4.78, 5) is 11.4. The number of carbonyl (C=O) groups is 1. The van der Waals surface area contributed by atoms with Crippen molar-refractivity contribution in [1.29, 1.82) is 0 Å². The predicted octanol–water partition coefficient (Wildman–Crippen LogP) is 2.88. The van der Waals surface area contributed by atoms with Gasteiger partial charge in [-0.2, -0.15) is 0 Å². The molecule has 19 heavy (non-hydrogen) atoms. The van der Waals surface area contributed by atoms with E-state index in [0.29, 0.717) is 11.5 Å². The van der Waals surface area contributed by atoms with Gasteiger partial charge in [0.05, 0.1) is 19.9 Å². The number of nitrogens with one attached hydrogen (secondary N) is 1. The number of amides is 1. The van der Waals surface area contributed by atoms with Crippen LogP contribution in [0.1, 0.15) is 6.42 Å². The van der Waals surface area contributed by atoms with Crippen molar-refractivity contribution in [2.75, 3.05) is 19.5 Å². The van der Waals surface area contributed by atoms with Crippen LogP contribution in [-0.2, 0) is 4.79 Å². The van der Waals surface area contributed by atoms with E-state index >= 15 is 0 Å². The molecule has 1 amide bonds. The van der Waals surface area contributed by atoms with Crippen LogP contribution in [0.15, 0.2) is 18.2 Å². The summed E-state index contributed by atoms with van der Waals surface area (Å²) in [6.07, 6.45) is -1.71. The number of halogens is 3. The van der Waals surface area contributed by atoms with Gasteiger partial charge in [0.2, 0.25) is 5.91 Å². The second-order valence-corrected chi connectivity index (χ2v) is 3.86. The van der Waals surface area contributed by atoms with Crippen LogP contribution < -0.4 is 14.8 Å². The van der Waals surface area contributed by atoms with Crippen molar-refractivity contribution in [3.05, 3.63) is 18.2 Å². The molecule has 0 spiro atoms. The smallest absolute Gasteiger partial charge is 0.478 e. The second-order valence-electron chi connectivity index (χ2n) is 3.86. The average molecular weight is 276 g/mol. The Morgan fingerprint density at radius 2 is 1.95 bits per heavy atom. The lowest BCUT2D eigenvalue weighted by Gasteiger charge is -2.14. The maximum atomic E-state index is 12.1. The lowest BCUT2D eigenvalue weighted by molar-refractivity contribution is -0.116. The molecular formula is C11H14BF3NO3-. The number of rotatable bonds is 6. The molecule has 4 nitrogen and oxygen atoms in total. The maximum absolute atomic E-state index is 12.1. The normalized spacial score (nSPS) is 11.0. The third kappa shape index (κ3) is 5.11. The number of benzene rings is 1. The minimum atomic E-state index is -4.96. The van der Waals surface area contributed by atoms with Crippen molar-refractivity contribution in [3.63, 3.8) is 0 Å². The summed E-state index contributed by atoms with van der Waals surface area (Å²) in [6, 6.07) is 4.66. The molecule has 0 bridgehead atoms. The van der Waals surface area contributed by atoms with Crippen molar-refractivity contribution in [3.8, 4) is 11.5 Å². The Balaban J connectivity index is 2.72. The summed E-state index contributed by atoms with van der Waals surface area (Å²) in [6.45, 7) is -4.96. The summed E-state index contributed by atoms with van der Waals surface area (Å²) in [7, 11) is 2.84. The van der Waals surface area contributed by atoms with Crippen LogP contribution in [0.4, 0.5) is 18.6 Å². The van der Waals surface area contributed by atoms with Gasteiger partial charge in [-0.05, 0) is 12.1 Å². The summed E-state index contributed by atoms with van der Waals surface area (Å²) < 4.78 is 46.1. The Morgan fingerprint density at radius 1 is 1.26 bits per heavy atom. The number of carbonyl (C=O) groups excluding carboxylic acids is 1. The van der Waals surface area contributed by atoms with Crippen LogP contribution in [0.3, 0.4) is 0 Å². The SMILES string of the molecule is COc1ccc(OC)c(NC(=O)CC[B-](F)(F)F)c1. The molecule has 0 aliphatic rings. The minimum absolute atomic E-state index is 0.279. The van der Waals surface area contributed by atoms with Crippen molar-refractivity contribution >= 4 is 18.6 Å². The molecule has 1 aromatic carbocycles. The number of anilines is 1. The van der Waals surface area contributed by atoms with E-state index < -0.39 is 25.6 Å². The number of hydrogen-bond acceptors (Lipinski definition) is 3. The van der Waals surface area contributed by atoms with E-state index in [1.54, 1.807) is 12.1 Å². The molecule has 0 aromatic heterocycles. The Kier molecular flexibility index (Phi) is 5.08.